The van der Waals surface area contributed by atoms with Gasteiger partial charge in [0.25, 0.3) is 5.91 Å². The maximum absolute atomic E-state index is 12.5. The first-order valence-corrected chi connectivity index (χ1v) is 8.17. The van der Waals surface area contributed by atoms with Gasteiger partial charge in [0, 0.05) is 17.6 Å². The molecule has 0 atom stereocenters. The Morgan fingerprint density at radius 1 is 1.19 bits per heavy atom. The van der Waals surface area contributed by atoms with E-state index in [0.717, 1.165) is 39.1 Å². The summed E-state index contributed by atoms with van der Waals surface area (Å²) < 4.78 is 0. The zero-order chi connectivity index (χ0) is 18.7. The van der Waals surface area contributed by atoms with Gasteiger partial charge < -0.3 is 15.6 Å². The first-order chi connectivity index (χ1) is 12.5. The van der Waals surface area contributed by atoms with E-state index in [0.29, 0.717) is 0 Å². The summed E-state index contributed by atoms with van der Waals surface area (Å²) in [6, 6.07) is 11.5. The number of nitrogens with one attached hydrogen (secondary N) is 3. The van der Waals surface area contributed by atoms with Gasteiger partial charge in [-0.05, 0) is 50.1 Å². The Labute approximate surface area is 151 Å². The fourth-order valence-corrected chi connectivity index (χ4v) is 2.89. The second-order valence-corrected chi connectivity index (χ2v) is 6.18. The van der Waals surface area contributed by atoms with Crippen LogP contribution in [0.2, 0.25) is 0 Å². The van der Waals surface area contributed by atoms with Gasteiger partial charge in [0.05, 0.1) is 17.4 Å². The molecule has 1 heterocycles. The van der Waals surface area contributed by atoms with Crippen molar-refractivity contribution in [3.8, 4) is 6.07 Å². The molecule has 0 bridgehead atoms. The van der Waals surface area contributed by atoms with Gasteiger partial charge in [-0.1, -0.05) is 17.7 Å². The average molecular weight is 345 g/mol. The van der Waals surface area contributed by atoms with Gasteiger partial charge in [-0.25, -0.2) is 4.98 Å². The van der Waals surface area contributed by atoms with Crippen LogP contribution in [0.15, 0.2) is 48.4 Å². The van der Waals surface area contributed by atoms with Crippen LogP contribution in [-0.4, -0.2) is 15.9 Å². The fraction of sp³-hybridized carbons (Fsp3) is 0.150. The number of fused-ring (bicyclic) bond motifs is 1. The normalized spacial score (nSPS) is 11.2. The van der Waals surface area contributed by atoms with E-state index in [9.17, 15) is 10.1 Å². The lowest BCUT2D eigenvalue weighted by atomic mass is 10.0. The molecule has 1 amide bonds. The summed E-state index contributed by atoms with van der Waals surface area (Å²) >= 11 is 0. The van der Waals surface area contributed by atoms with Crippen molar-refractivity contribution in [2.24, 2.45) is 0 Å². The van der Waals surface area contributed by atoms with Crippen molar-refractivity contribution < 1.29 is 4.79 Å². The molecule has 3 rings (SSSR count). The molecule has 26 heavy (non-hydrogen) atoms. The van der Waals surface area contributed by atoms with Crippen molar-refractivity contribution in [1.29, 1.82) is 5.26 Å². The van der Waals surface area contributed by atoms with Crippen LogP contribution in [0, 0.1) is 32.1 Å². The summed E-state index contributed by atoms with van der Waals surface area (Å²) in [5.74, 6) is -0.447. The van der Waals surface area contributed by atoms with Crippen molar-refractivity contribution in [3.05, 3.63) is 65.1 Å². The molecule has 0 radical (unpaired) electrons. The second kappa shape index (κ2) is 7.11. The average Bonchev–Trinajstić information content (AvgIpc) is 3.06. The topological polar surface area (TPSA) is 93.6 Å². The molecule has 0 aliphatic carbocycles. The number of hydrogen-bond donors (Lipinski definition) is 3. The molecule has 0 aliphatic heterocycles. The van der Waals surface area contributed by atoms with E-state index in [1.807, 2.05) is 57.2 Å². The van der Waals surface area contributed by atoms with Crippen LogP contribution in [0.1, 0.15) is 16.7 Å². The van der Waals surface area contributed by atoms with Gasteiger partial charge in [-0.15, -0.1) is 0 Å². The van der Waals surface area contributed by atoms with Crippen LogP contribution >= 0.6 is 0 Å². The zero-order valence-corrected chi connectivity index (χ0v) is 14.8. The highest BCUT2D eigenvalue weighted by Gasteiger charge is 2.12. The zero-order valence-electron chi connectivity index (χ0n) is 14.8. The van der Waals surface area contributed by atoms with Crippen LogP contribution in [0.4, 0.5) is 11.4 Å². The molecule has 130 valence electrons. The number of carbonyl (C=O) groups is 1. The number of carbonyl (C=O) groups excluding carboxylic acids is 1. The Hall–Kier alpha value is -3.59. The summed E-state index contributed by atoms with van der Waals surface area (Å²) in [5.41, 5.74) is 6.27. The number of amides is 1. The number of benzene rings is 2. The van der Waals surface area contributed by atoms with Gasteiger partial charge in [-0.3, -0.25) is 4.79 Å². The maximum atomic E-state index is 12.5. The molecule has 3 N–H and O–H groups in total. The first-order valence-electron chi connectivity index (χ1n) is 8.17. The number of aromatic amines is 1. The summed E-state index contributed by atoms with van der Waals surface area (Å²) in [6.45, 7) is 5.87. The Balaban J connectivity index is 1.78. The van der Waals surface area contributed by atoms with Crippen molar-refractivity contribution in [3.63, 3.8) is 0 Å². The van der Waals surface area contributed by atoms with Gasteiger partial charge in [0.2, 0.25) is 0 Å². The number of imidazole rings is 1. The minimum atomic E-state index is -0.447. The molecule has 6 heteroatoms. The lowest BCUT2D eigenvalue weighted by molar-refractivity contribution is -0.112. The van der Waals surface area contributed by atoms with E-state index < -0.39 is 5.91 Å². The van der Waals surface area contributed by atoms with E-state index in [1.54, 1.807) is 6.33 Å². The quantitative estimate of drug-likeness (QED) is 0.493. The number of hydrogen-bond acceptors (Lipinski definition) is 4. The highest BCUT2D eigenvalue weighted by molar-refractivity contribution is 6.07. The molecule has 3 aromatic rings. The largest absolute Gasteiger partial charge is 0.360 e. The number of nitriles is 1. The lowest BCUT2D eigenvalue weighted by Crippen LogP contribution is -2.16. The number of rotatable bonds is 4. The van der Waals surface area contributed by atoms with Crippen molar-refractivity contribution in [1.82, 2.24) is 9.97 Å². The van der Waals surface area contributed by atoms with Gasteiger partial charge >= 0.3 is 0 Å². The smallest absolute Gasteiger partial charge is 0.267 e. The summed E-state index contributed by atoms with van der Waals surface area (Å²) in [4.78, 5) is 19.6. The molecule has 1 aromatic heterocycles. The molecule has 2 aromatic carbocycles. The second-order valence-electron chi connectivity index (χ2n) is 6.18. The van der Waals surface area contributed by atoms with E-state index in [4.69, 9.17) is 0 Å². The third-order valence-electron chi connectivity index (χ3n) is 4.08. The van der Waals surface area contributed by atoms with Crippen molar-refractivity contribution >= 4 is 28.3 Å². The molecule has 0 fully saturated rings. The van der Waals surface area contributed by atoms with Crippen LogP contribution in [0.25, 0.3) is 11.0 Å². The van der Waals surface area contributed by atoms with E-state index >= 15 is 0 Å². The van der Waals surface area contributed by atoms with Gasteiger partial charge in [-0.2, -0.15) is 5.26 Å². The van der Waals surface area contributed by atoms with Crippen molar-refractivity contribution in [2.75, 3.05) is 10.6 Å². The maximum Gasteiger partial charge on any atom is 0.267 e. The van der Waals surface area contributed by atoms with Crippen LogP contribution in [-0.2, 0) is 4.79 Å². The number of nitrogens with zero attached hydrogens (tertiary/aromatic N) is 2. The predicted molar refractivity (Wildman–Crippen MR) is 103 cm³/mol. The molecule has 0 aliphatic rings. The Morgan fingerprint density at radius 3 is 2.62 bits per heavy atom. The summed E-state index contributed by atoms with van der Waals surface area (Å²) in [6.07, 6.45) is 3.02. The van der Waals surface area contributed by atoms with Gasteiger partial charge in [0.15, 0.2) is 0 Å². The summed E-state index contributed by atoms with van der Waals surface area (Å²) in [5, 5.41) is 15.2. The number of anilines is 2. The van der Waals surface area contributed by atoms with Gasteiger partial charge in [0.1, 0.15) is 11.6 Å². The lowest BCUT2D eigenvalue weighted by Gasteiger charge is -2.12. The molecule has 0 spiro atoms. The Morgan fingerprint density at radius 2 is 1.92 bits per heavy atom. The third kappa shape index (κ3) is 3.57. The van der Waals surface area contributed by atoms with Crippen LogP contribution in [0.3, 0.4) is 0 Å². The minimum absolute atomic E-state index is 0.00548. The summed E-state index contributed by atoms with van der Waals surface area (Å²) in [7, 11) is 0. The number of aryl methyl sites for hydroxylation is 3. The van der Waals surface area contributed by atoms with E-state index in [1.165, 1.54) is 6.20 Å². The number of aromatic nitrogens is 2. The molecular formula is C20H19N5O. The minimum Gasteiger partial charge on any atom is -0.360 e. The predicted octanol–water partition coefficient (Wildman–Crippen LogP) is 3.95. The standard InChI is InChI=1S/C20H19N5O/c1-12-6-13(2)19(14(3)7-12)25-20(26)15(9-21)10-22-16-4-5-17-18(8-16)24-11-23-17/h4-8,10-11,22H,1-3H3,(H,23,24)(H,25,26)/b15-10-. The van der Waals surface area contributed by atoms with Crippen LogP contribution < -0.4 is 10.6 Å². The Kier molecular flexibility index (Phi) is 4.72. The third-order valence-corrected chi connectivity index (χ3v) is 4.08. The number of H-pyrrole nitrogens is 1. The molecule has 0 saturated heterocycles. The molecule has 6 nitrogen and oxygen atoms in total. The fourth-order valence-electron chi connectivity index (χ4n) is 2.89. The Bertz CT molecular complexity index is 1030. The van der Waals surface area contributed by atoms with Crippen LogP contribution in [0.5, 0.6) is 0 Å². The molecule has 0 unspecified atom stereocenters. The van der Waals surface area contributed by atoms with E-state index in [2.05, 4.69) is 20.6 Å². The monoisotopic (exact) mass is 345 g/mol. The SMILES string of the molecule is Cc1cc(C)c(NC(=O)/C(C#N)=C\Nc2ccc3nc[nH]c3c2)c(C)c1. The highest BCUT2D eigenvalue weighted by Crippen LogP contribution is 2.22. The van der Waals surface area contributed by atoms with Crippen molar-refractivity contribution in [2.45, 2.75) is 20.8 Å². The first kappa shape index (κ1) is 17.2. The molecular weight excluding hydrogens is 326 g/mol. The molecule has 0 saturated carbocycles. The highest BCUT2D eigenvalue weighted by atomic mass is 16.1. The van der Waals surface area contributed by atoms with E-state index in [-0.39, 0.29) is 5.57 Å².